The van der Waals surface area contributed by atoms with E-state index in [0.29, 0.717) is 0 Å². The second-order valence-electron chi connectivity index (χ2n) is 18.5. The summed E-state index contributed by atoms with van der Waals surface area (Å²) in [6.45, 7) is 14.4. The Hall–Kier alpha value is -6.22. The van der Waals surface area contributed by atoms with Crippen LogP contribution in [0.1, 0.15) is 74.9 Å². The van der Waals surface area contributed by atoms with Gasteiger partial charge in [0.1, 0.15) is 0 Å². The predicted molar refractivity (Wildman–Crippen MR) is 252 cm³/mol. The number of thiophene rings is 1. The number of hydrogen-bond donors (Lipinski definition) is 0. The first-order chi connectivity index (χ1) is 28.5. The zero-order chi connectivity index (χ0) is 40.0. The van der Waals surface area contributed by atoms with Crippen LogP contribution in [0, 0.1) is 0 Å². The average Bonchev–Trinajstić information content (AvgIpc) is 3.89. The molecule has 3 aliphatic carbocycles. The van der Waals surface area contributed by atoms with E-state index in [1.54, 1.807) is 0 Å². The third-order valence-electron chi connectivity index (χ3n) is 14.3. The van der Waals surface area contributed by atoms with Crippen LogP contribution < -0.4 is 4.90 Å². The van der Waals surface area contributed by atoms with Crippen molar-refractivity contribution < 1.29 is 0 Å². The maximum absolute atomic E-state index is 2.53. The van der Waals surface area contributed by atoms with Crippen molar-refractivity contribution in [1.29, 1.82) is 0 Å². The molecule has 9 aromatic rings. The molecule has 0 spiro atoms. The fourth-order valence-electron chi connectivity index (χ4n) is 11.2. The maximum atomic E-state index is 2.53. The van der Waals surface area contributed by atoms with Crippen LogP contribution in [0.15, 0.2) is 164 Å². The van der Waals surface area contributed by atoms with Gasteiger partial charge in [-0.2, -0.15) is 0 Å². The van der Waals surface area contributed by atoms with Gasteiger partial charge in [-0.25, -0.2) is 0 Å². The van der Waals surface area contributed by atoms with Gasteiger partial charge in [0, 0.05) is 53.5 Å². The molecule has 0 bridgehead atoms. The molecule has 8 aromatic carbocycles. The number of benzene rings is 8. The number of nitrogens with zero attached hydrogens (tertiary/aromatic N) is 1. The SMILES string of the molecule is CC1(C)c2ccccc2-c2ccc(N(c3ccc4c(c3)-c3c(cc5sc6ccccc6c5c3-c3ccccc3)C4(C)C)c3ccc4c(c3)C(C)(C)c3ccccc3-4)cc21. The molecule has 0 atom stereocenters. The Morgan fingerprint density at radius 1 is 0.356 bits per heavy atom. The smallest absolute Gasteiger partial charge is 0.0468 e. The van der Waals surface area contributed by atoms with Gasteiger partial charge in [-0.05, 0) is 126 Å². The van der Waals surface area contributed by atoms with Crippen molar-refractivity contribution in [3.63, 3.8) is 0 Å². The Labute approximate surface area is 351 Å². The monoisotopic (exact) mass is 775 g/mol. The summed E-state index contributed by atoms with van der Waals surface area (Å²) < 4.78 is 2.69. The summed E-state index contributed by atoms with van der Waals surface area (Å²) in [7, 11) is 0. The van der Waals surface area contributed by atoms with E-state index < -0.39 is 0 Å². The maximum Gasteiger partial charge on any atom is 0.0468 e. The average molecular weight is 776 g/mol. The van der Waals surface area contributed by atoms with E-state index in [1.165, 1.54) is 115 Å². The molecule has 284 valence electrons. The molecule has 12 rings (SSSR count). The molecule has 0 unspecified atom stereocenters. The topological polar surface area (TPSA) is 3.24 Å². The lowest BCUT2D eigenvalue weighted by Crippen LogP contribution is -2.18. The van der Waals surface area contributed by atoms with Gasteiger partial charge in [-0.1, -0.05) is 157 Å². The van der Waals surface area contributed by atoms with Gasteiger partial charge >= 0.3 is 0 Å². The van der Waals surface area contributed by atoms with Crippen LogP contribution in [0.4, 0.5) is 17.1 Å². The number of hydrogen-bond acceptors (Lipinski definition) is 2. The Balaban J connectivity index is 1.12. The van der Waals surface area contributed by atoms with Crippen molar-refractivity contribution in [3.8, 4) is 44.5 Å². The third kappa shape index (κ3) is 4.67. The van der Waals surface area contributed by atoms with E-state index in [2.05, 4.69) is 210 Å². The lowest BCUT2D eigenvalue weighted by atomic mass is 9.81. The summed E-state index contributed by atoms with van der Waals surface area (Å²) in [5.41, 5.74) is 22.1. The van der Waals surface area contributed by atoms with Crippen molar-refractivity contribution in [2.24, 2.45) is 0 Å². The van der Waals surface area contributed by atoms with Crippen LogP contribution in [-0.4, -0.2) is 0 Å². The number of anilines is 3. The highest BCUT2D eigenvalue weighted by molar-refractivity contribution is 7.26. The largest absolute Gasteiger partial charge is 0.310 e. The summed E-state index contributed by atoms with van der Waals surface area (Å²) in [5.74, 6) is 0. The Morgan fingerprint density at radius 3 is 1.49 bits per heavy atom. The fraction of sp³-hybridized carbons (Fsp3) is 0.158. The Morgan fingerprint density at radius 2 is 0.847 bits per heavy atom. The van der Waals surface area contributed by atoms with Gasteiger partial charge in [0.05, 0.1) is 0 Å². The lowest BCUT2D eigenvalue weighted by Gasteiger charge is -2.30. The minimum Gasteiger partial charge on any atom is -0.310 e. The van der Waals surface area contributed by atoms with Crippen LogP contribution in [-0.2, 0) is 16.2 Å². The second-order valence-corrected chi connectivity index (χ2v) is 19.6. The van der Waals surface area contributed by atoms with Crippen LogP contribution in [0.25, 0.3) is 64.7 Å². The first-order valence-electron chi connectivity index (χ1n) is 21.0. The molecule has 0 fully saturated rings. The highest BCUT2D eigenvalue weighted by Crippen LogP contribution is 2.58. The van der Waals surface area contributed by atoms with E-state index in [-0.39, 0.29) is 16.2 Å². The molecule has 1 nitrogen and oxygen atoms in total. The van der Waals surface area contributed by atoms with Crippen LogP contribution in [0.3, 0.4) is 0 Å². The quantitative estimate of drug-likeness (QED) is 0.172. The van der Waals surface area contributed by atoms with Crippen molar-refractivity contribution in [2.75, 3.05) is 4.90 Å². The Kier molecular flexibility index (Phi) is 7.04. The number of fused-ring (bicyclic) bond motifs is 12. The molecule has 0 saturated carbocycles. The van der Waals surface area contributed by atoms with Crippen molar-refractivity contribution >= 4 is 48.6 Å². The zero-order valence-electron chi connectivity index (χ0n) is 34.4. The minimum atomic E-state index is -0.172. The van der Waals surface area contributed by atoms with Crippen molar-refractivity contribution in [2.45, 2.75) is 57.8 Å². The molecule has 3 aliphatic rings. The lowest BCUT2D eigenvalue weighted by molar-refractivity contribution is 0.659. The third-order valence-corrected chi connectivity index (χ3v) is 15.4. The molecule has 0 N–H and O–H groups in total. The van der Waals surface area contributed by atoms with Crippen LogP contribution >= 0.6 is 11.3 Å². The van der Waals surface area contributed by atoms with Crippen LogP contribution in [0.5, 0.6) is 0 Å². The van der Waals surface area contributed by atoms with E-state index >= 15 is 0 Å². The molecule has 2 heteroatoms. The van der Waals surface area contributed by atoms with Crippen molar-refractivity contribution in [1.82, 2.24) is 0 Å². The van der Waals surface area contributed by atoms with Gasteiger partial charge in [0.25, 0.3) is 0 Å². The molecule has 0 aliphatic heterocycles. The molecular formula is C57H45NS. The fourth-order valence-corrected chi connectivity index (χ4v) is 12.4. The summed E-state index contributed by atoms with van der Waals surface area (Å²) in [4.78, 5) is 2.53. The van der Waals surface area contributed by atoms with Gasteiger partial charge in [0.15, 0.2) is 0 Å². The van der Waals surface area contributed by atoms with Crippen molar-refractivity contribution in [3.05, 3.63) is 197 Å². The molecular weight excluding hydrogens is 731 g/mol. The summed E-state index contributed by atoms with van der Waals surface area (Å²) >= 11 is 1.92. The summed E-state index contributed by atoms with van der Waals surface area (Å²) in [6, 6.07) is 62.2. The molecule has 59 heavy (non-hydrogen) atoms. The van der Waals surface area contributed by atoms with E-state index in [0.717, 1.165) is 0 Å². The van der Waals surface area contributed by atoms with Gasteiger partial charge in [0.2, 0.25) is 0 Å². The molecule has 1 aromatic heterocycles. The summed E-state index contributed by atoms with van der Waals surface area (Å²) in [6.07, 6.45) is 0. The highest BCUT2D eigenvalue weighted by atomic mass is 32.1. The predicted octanol–water partition coefficient (Wildman–Crippen LogP) is 16.1. The first-order valence-corrected chi connectivity index (χ1v) is 21.8. The highest BCUT2D eigenvalue weighted by Gasteiger charge is 2.41. The van der Waals surface area contributed by atoms with E-state index in [1.807, 2.05) is 11.3 Å². The minimum absolute atomic E-state index is 0.116. The molecule has 0 radical (unpaired) electrons. The van der Waals surface area contributed by atoms with Crippen LogP contribution in [0.2, 0.25) is 0 Å². The normalized spacial score (nSPS) is 15.7. The van der Waals surface area contributed by atoms with Gasteiger partial charge < -0.3 is 4.90 Å². The standard InChI is InChI=1S/C57H45NS/c1-55(2)44-21-13-10-18-38(44)40-27-24-36(31-47(40)55)58(37-25-28-41-39-19-11-14-22-45(39)56(3,4)48(41)32-37)35-26-29-46-43(30-35)53-49(57(46,5)6)33-51-54(42-20-12-15-23-50(42)59-51)52(53)34-16-8-7-9-17-34/h7-33H,1-6H3. The molecule has 0 saturated heterocycles. The second kappa shape index (κ2) is 11.9. The Bertz CT molecular complexity index is 3140. The first kappa shape index (κ1) is 34.8. The van der Waals surface area contributed by atoms with Gasteiger partial charge in [-0.15, -0.1) is 11.3 Å². The zero-order valence-corrected chi connectivity index (χ0v) is 35.3. The van der Waals surface area contributed by atoms with Gasteiger partial charge in [-0.3, -0.25) is 0 Å². The number of rotatable bonds is 4. The molecule has 1 heterocycles. The summed E-state index contributed by atoms with van der Waals surface area (Å²) in [5, 5.41) is 2.70. The van der Waals surface area contributed by atoms with E-state index in [4.69, 9.17) is 0 Å². The molecule has 0 amide bonds. The van der Waals surface area contributed by atoms with E-state index in [9.17, 15) is 0 Å².